The normalized spacial score (nSPS) is 26.3. The summed E-state index contributed by atoms with van der Waals surface area (Å²) in [7, 11) is -9.46. The minimum Gasteiger partial charge on any atom is -0.387 e. The van der Waals surface area contributed by atoms with Gasteiger partial charge in [0, 0.05) is 0 Å². The highest BCUT2D eigenvalue weighted by Gasteiger charge is 2.47. The lowest BCUT2D eigenvalue weighted by Crippen LogP contribution is -2.36. The number of ether oxygens (including phenoxy) is 2. The fraction of sp³-hybridized carbons (Fsp3) is 0.615. The average molecular weight is 488 g/mol. The fourth-order valence-electron chi connectivity index (χ4n) is 2.92. The van der Waals surface area contributed by atoms with Gasteiger partial charge in [0.15, 0.2) is 27.5 Å². The Morgan fingerprint density at radius 1 is 1.37 bits per heavy atom. The van der Waals surface area contributed by atoms with E-state index in [9.17, 15) is 33.0 Å². The molecule has 30 heavy (non-hydrogen) atoms. The van der Waals surface area contributed by atoms with Crippen molar-refractivity contribution in [2.45, 2.75) is 36.6 Å². The van der Waals surface area contributed by atoms with Gasteiger partial charge in [-0.25, -0.2) is 13.4 Å². The second kappa shape index (κ2) is 8.26. The molecule has 2 aromatic heterocycles. The third-order valence-corrected chi connectivity index (χ3v) is 8.63. The van der Waals surface area contributed by atoms with E-state index in [0.717, 1.165) is 0 Å². The van der Waals surface area contributed by atoms with E-state index in [2.05, 4.69) is 15.0 Å². The molecule has 1 saturated heterocycles. The maximum absolute atomic E-state index is 11.9. The summed E-state index contributed by atoms with van der Waals surface area (Å²) in [5, 5.41) is 18.0. The molecule has 168 valence electrons. The predicted octanol–water partition coefficient (Wildman–Crippen LogP) is -1.41. The highest BCUT2D eigenvalue weighted by molar-refractivity contribution is 7.98. The van der Waals surface area contributed by atoms with Crippen LogP contribution in [0.3, 0.4) is 0 Å². The molecular formula is C13H19ClN5O9PS. The first-order valence-corrected chi connectivity index (χ1v) is 12.2. The quantitative estimate of drug-likeness (QED) is 0.224. The van der Waals surface area contributed by atoms with Gasteiger partial charge in [-0.2, -0.15) is 9.97 Å². The molecule has 0 amide bonds. The average Bonchev–Trinajstić information content (AvgIpc) is 3.16. The molecule has 0 radical (unpaired) electrons. The van der Waals surface area contributed by atoms with Crippen molar-refractivity contribution in [3.63, 3.8) is 0 Å². The van der Waals surface area contributed by atoms with Crippen molar-refractivity contribution in [1.29, 1.82) is 0 Å². The summed E-state index contributed by atoms with van der Waals surface area (Å²) >= 11 is 5.79. The van der Waals surface area contributed by atoms with Crippen molar-refractivity contribution >= 4 is 46.0 Å². The number of fused-ring (bicyclic) bond motifs is 1. The zero-order valence-electron chi connectivity index (χ0n) is 15.3. The molecule has 0 aliphatic carbocycles. The van der Waals surface area contributed by atoms with Gasteiger partial charge in [-0.3, -0.25) is 9.13 Å². The first-order chi connectivity index (χ1) is 13.9. The lowest BCUT2D eigenvalue weighted by atomic mass is 10.1. The molecule has 0 saturated carbocycles. The Kier molecular flexibility index (Phi) is 6.40. The number of aliphatic hydroxyl groups is 2. The van der Waals surface area contributed by atoms with Gasteiger partial charge < -0.3 is 35.2 Å². The number of nitrogens with zero attached hydrogens (tertiary/aromatic N) is 4. The Labute approximate surface area is 174 Å². The van der Waals surface area contributed by atoms with E-state index in [1.807, 2.05) is 0 Å². The number of nitrogens with two attached hydrogens (primary N) is 1. The number of hydrogen-bond acceptors (Lipinski definition) is 11. The van der Waals surface area contributed by atoms with Gasteiger partial charge in [0.1, 0.15) is 23.8 Å². The Morgan fingerprint density at radius 3 is 2.63 bits per heavy atom. The molecule has 17 heteroatoms. The van der Waals surface area contributed by atoms with Crippen LogP contribution in [0.1, 0.15) is 13.2 Å². The third kappa shape index (κ3) is 4.30. The van der Waals surface area contributed by atoms with Crippen LogP contribution in [0.15, 0.2) is 6.33 Å². The Hall–Kier alpha value is -1.42. The van der Waals surface area contributed by atoms with Gasteiger partial charge in [-0.15, -0.1) is 0 Å². The molecule has 6 N–H and O–H groups in total. The maximum atomic E-state index is 11.9. The largest absolute Gasteiger partial charge is 0.387 e. The second-order valence-corrected chi connectivity index (χ2v) is 11.1. The summed E-state index contributed by atoms with van der Waals surface area (Å²) in [6, 6.07) is 0. The van der Waals surface area contributed by atoms with Crippen LogP contribution >= 0.6 is 19.2 Å². The lowest BCUT2D eigenvalue weighted by Gasteiger charge is -2.21. The van der Waals surface area contributed by atoms with Gasteiger partial charge in [0.2, 0.25) is 5.28 Å². The highest BCUT2D eigenvalue weighted by atomic mass is 35.5. The van der Waals surface area contributed by atoms with E-state index in [4.69, 9.17) is 26.8 Å². The predicted molar refractivity (Wildman–Crippen MR) is 102 cm³/mol. The fourth-order valence-corrected chi connectivity index (χ4v) is 6.07. The van der Waals surface area contributed by atoms with Gasteiger partial charge in [-0.1, -0.05) is 6.92 Å². The van der Waals surface area contributed by atoms with Crippen molar-refractivity contribution in [2.24, 2.45) is 0 Å². The smallest absolute Gasteiger partial charge is 0.369 e. The first kappa shape index (κ1) is 23.2. The van der Waals surface area contributed by atoms with Gasteiger partial charge in [0.05, 0.1) is 18.7 Å². The number of nitrogen functional groups attached to an aromatic ring is 1. The number of rotatable bonds is 7. The minimum atomic E-state index is -5.18. The number of imidazole rings is 1. The Bertz CT molecular complexity index is 1090. The number of halogens is 1. The zero-order chi connectivity index (χ0) is 22.4. The van der Waals surface area contributed by atoms with Crippen molar-refractivity contribution < 1.29 is 42.5 Å². The lowest BCUT2D eigenvalue weighted by molar-refractivity contribution is -0.0648. The standard InChI is InChI=1S/C13H19ClN5O9PS/c1-2-30(25,26)13(29(22,23)24)27-3-5-7(20)8(21)11(28-5)19-4-16-6-9(15)17-12(14)18-10(6)19/h4-5,7-8,11,13,20-21H,2-3H2,1H3,(H2,15,17,18)(H2,22,23,24)/t5-,7-,8-,11-,13-/m1/s1. The maximum Gasteiger partial charge on any atom is 0.369 e. The van der Waals surface area contributed by atoms with Gasteiger partial charge in [-0.05, 0) is 11.6 Å². The summed E-state index contributed by atoms with van der Waals surface area (Å²) in [4.78, 5) is 30.3. The minimum absolute atomic E-state index is 0.0223. The number of anilines is 1. The number of hydrogen-bond donors (Lipinski definition) is 5. The Morgan fingerprint density at radius 2 is 2.03 bits per heavy atom. The molecular weight excluding hydrogens is 469 g/mol. The SMILES string of the molecule is CCS(=O)(=O)[C@H](OC[C@H]1O[C@@H](n2cnc3c(N)nc(Cl)nc32)[C@H](O)[C@@H]1O)P(=O)(O)O. The molecule has 3 rings (SSSR count). The van der Waals surface area contributed by atoms with Crippen LogP contribution in [-0.2, 0) is 23.9 Å². The van der Waals surface area contributed by atoms with Gasteiger partial charge >= 0.3 is 7.60 Å². The van der Waals surface area contributed by atoms with Crippen LogP contribution in [0.5, 0.6) is 0 Å². The van der Waals surface area contributed by atoms with E-state index in [1.165, 1.54) is 17.8 Å². The molecule has 1 aliphatic rings. The van der Waals surface area contributed by atoms with E-state index in [-0.39, 0.29) is 22.3 Å². The molecule has 0 spiro atoms. The van der Waals surface area contributed by atoms with Crippen LogP contribution in [0.2, 0.25) is 5.28 Å². The highest BCUT2D eigenvalue weighted by Crippen LogP contribution is 2.45. The second-order valence-electron chi connectivity index (χ2n) is 6.43. The van der Waals surface area contributed by atoms with Crippen molar-refractivity contribution in [3.05, 3.63) is 11.6 Å². The van der Waals surface area contributed by atoms with E-state index < -0.39 is 59.5 Å². The summed E-state index contributed by atoms with van der Waals surface area (Å²) in [5.74, 6) is -0.601. The van der Waals surface area contributed by atoms with Crippen molar-refractivity contribution in [2.75, 3.05) is 18.1 Å². The van der Waals surface area contributed by atoms with E-state index in [1.54, 1.807) is 0 Å². The molecule has 0 unspecified atom stereocenters. The third-order valence-electron chi connectivity index (χ3n) is 4.42. The summed E-state index contributed by atoms with van der Waals surface area (Å²) in [6.07, 6.45) is -4.47. The summed E-state index contributed by atoms with van der Waals surface area (Å²) in [5.41, 5.74) is 5.99. The molecule has 5 atom stereocenters. The molecule has 1 fully saturated rings. The molecule has 2 aromatic rings. The molecule has 14 nitrogen and oxygen atoms in total. The number of aromatic nitrogens is 4. The van der Waals surface area contributed by atoms with E-state index >= 15 is 0 Å². The molecule has 0 bridgehead atoms. The van der Waals surface area contributed by atoms with Crippen LogP contribution in [0, 0.1) is 0 Å². The summed E-state index contributed by atoms with van der Waals surface area (Å²) < 4.78 is 47.1. The van der Waals surface area contributed by atoms with E-state index in [0.29, 0.717) is 0 Å². The van der Waals surface area contributed by atoms with Crippen LogP contribution in [-0.4, -0.2) is 83.8 Å². The molecule has 1 aliphatic heterocycles. The van der Waals surface area contributed by atoms with Crippen LogP contribution < -0.4 is 5.73 Å². The van der Waals surface area contributed by atoms with Crippen LogP contribution in [0.4, 0.5) is 5.82 Å². The summed E-state index contributed by atoms with van der Waals surface area (Å²) in [6.45, 7) is 0.471. The topological polar surface area (TPSA) is 220 Å². The zero-order valence-corrected chi connectivity index (χ0v) is 17.8. The Balaban J connectivity index is 1.83. The molecule has 0 aromatic carbocycles. The first-order valence-electron chi connectivity index (χ1n) is 8.42. The monoisotopic (exact) mass is 487 g/mol. The van der Waals surface area contributed by atoms with Crippen molar-refractivity contribution in [3.8, 4) is 0 Å². The number of aliphatic hydroxyl groups excluding tert-OH is 2. The number of sulfone groups is 1. The molecule has 3 heterocycles. The van der Waals surface area contributed by atoms with Crippen LogP contribution in [0.25, 0.3) is 11.2 Å². The van der Waals surface area contributed by atoms with Crippen molar-refractivity contribution in [1.82, 2.24) is 19.5 Å². The van der Waals surface area contributed by atoms with Gasteiger partial charge in [0.25, 0.3) is 5.18 Å².